The molecule has 124 valence electrons. The molecular weight excluding hydrogens is 308 g/mol. The molecule has 0 N–H and O–H groups in total. The van der Waals surface area contributed by atoms with Crippen molar-refractivity contribution in [1.29, 1.82) is 0 Å². The fraction of sp³-hybridized carbons (Fsp3) is 0.688. The minimum Gasteiger partial charge on any atom is -0.383 e. The van der Waals surface area contributed by atoms with Crippen LogP contribution in [0.15, 0.2) is 6.07 Å². The van der Waals surface area contributed by atoms with Crippen LogP contribution in [0.25, 0.3) is 0 Å². The molecule has 0 fully saturated rings. The van der Waals surface area contributed by atoms with Crippen molar-refractivity contribution in [3.8, 4) is 0 Å². The highest BCUT2D eigenvalue weighted by molar-refractivity contribution is 7.14. The van der Waals surface area contributed by atoms with E-state index in [9.17, 15) is 13.6 Å². The zero-order valence-electron chi connectivity index (χ0n) is 12.9. The van der Waals surface area contributed by atoms with E-state index in [1.165, 1.54) is 46.6 Å². The highest BCUT2D eigenvalue weighted by Crippen LogP contribution is 2.29. The fourth-order valence-electron chi connectivity index (χ4n) is 2.75. The third-order valence-electron chi connectivity index (χ3n) is 3.92. The van der Waals surface area contributed by atoms with E-state index in [0.717, 1.165) is 25.7 Å². The van der Waals surface area contributed by atoms with Crippen LogP contribution in [0.3, 0.4) is 0 Å². The number of hydrogen-bond donors (Lipinski definition) is 0. The molecule has 3 nitrogen and oxygen atoms in total. The Hall–Kier alpha value is -1.01. The van der Waals surface area contributed by atoms with Gasteiger partial charge in [0.15, 0.2) is 0 Å². The van der Waals surface area contributed by atoms with Crippen LogP contribution in [0.1, 0.15) is 45.8 Å². The second kappa shape index (κ2) is 8.58. The molecule has 0 aliphatic heterocycles. The number of carbonyl (C=O) groups excluding carboxylic acids is 1. The number of rotatable bonds is 6. The van der Waals surface area contributed by atoms with Crippen molar-refractivity contribution in [3.63, 3.8) is 0 Å². The van der Waals surface area contributed by atoms with Crippen LogP contribution in [0.4, 0.5) is 8.78 Å². The van der Waals surface area contributed by atoms with Gasteiger partial charge in [0.1, 0.15) is 0 Å². The minimum absolute atomic E-state index is 0.197. The summed E-state index contributed by atoms with van der Waals surface area (Å²) in [6, 6.07) is 1.92. The van der Waals surface area contributed by atoms with E-state index in [1.807, 2.05) is 6.07 Å². The smallest absolute Gasteiger partial charge is 0.264 e. The molecule has 1 heterocycles. The molecule has 0 aromatic carbocycles. The maximum atomic E-state index is 12.7. The fourth-order valence-corrected chi connectivity index (χ4v) is 3.97. The molecule has 6 heteroatoms. The van der Waals surface area contributed by atoms with Crippen molar-refractivity contribution in [3.05, 3.63) is 21.4 Å². The first-order chi connectivity index (χ1) is 10.6. The number of alkyl halides is 2. The van der Waals surface area contributed by atoms with Gasteiger partial charge in [0.05, 0.1) is 18.0 Å². The summed E-state index contributed by atoms with van der Waals surface area (Å²) in [6.45, 7) is -0.0729. The normalized spacial score (nSPS) is 15.3. The predicted molar refractivity (Wildman–Crippen MR) is 84.0 cm³/mol. The van der Waals surface area contributed by atoms with E-state index in [4.69, 9.17) is 4.74 Å². The highest BCUT2D eigenvalue weighted by Gasteiger charge is 2.23. The lowest BCUT2D eigenvalue weighted by molar-refractivity contribution is 0.0482. The number of ether oxygens (including phenoxy) is 1. The van der Waals surface area contributed by atoms with E-state index >= 15 is 0 Å². The van der Waals surface area contributed by atoms with Gasteiger partial charge in [-0.1, -0.05) is 12.8 Å². The molecule has 0 bridgehead atoms. The summed E-state index contributed by atoms with van der Waals surface area (Å²) in [7, 11) is 1.50. The van der Waals surface area contributed by atoms with E-state index < -0.39 is 13.0 Å². The number of fused-ring (bicyclic) bond motifs is 1. The van der Waals surface area contributed by atoms with Gasteiger partial charge in [-0.05, 0) is 37.3 Å². The van der Waals surface area contributed by atoms with Gasteiger partial charge in [-0.15, -0.1) is 11.3 Å². The molecule has 1 amide bonds. The average Bonchev–Trinajstić information content (AvgIpc) is 2.84. The lowest BCUT2D eigenvalue weighted by Crippen LogP contribution is -2.37. The number of halogens is 2. The lowest BCUT2D eigenvalue weighted by atomic mass is 10.00. The Morgan fingerprint density at radius 3 is 2.73 bits per heavy atom. The van der Waals surface area contributed by atoms with Gasteiger partial charge in [-0.3, -0.25) is 4.79 Å². The minimum atomic E-state index is -2.53. The summed E-state index contributed by atoms with van der Waals surface area (Å²) in [6.07, 6.45) is 4.21. The number of aryl methyl sites for hydroxylation is 2. The SMILES string of the molecule is COCCN(CC(F)F)C(=O)c1cc2c(s1)CCCCCC2. The summed E-state index contributed by atoms with van der Waals surface area (Å²) in [5, 5.41) is 0. The summed E-state index contributed by atoms with van der Waals surface area (Å²) in [4.78, 5) is 15.6. The molecule has 0 spiro atoms. The Kier molecular flexibility index (Phi) is 6.76. The van der Waals surface area contributed by atoms with Crippen molar-refractivity contribution in [2.75, 3.05) is 26.8 Å². The maximum absolute atomic E-state index is 12.7. The lowest BCUT2D eigenvalue weighted by Gasteiger charge is -2.21. The Bertz CT molecular complexity index is 465. The zero-order chi connectivity index (χ0) is 15.9. The summed E-state index contributed by atoms with van der Waals surface area (Å²) >= 11 is 1.48. The molecule has 0 atom stereocenters. The predicted octanol–water partition coefficient (Wildman–Crippen LogP) is 3.76. The van der Waals surface area contributed by atoms with E-state index in [1.54, 1.807) is 0 Å². The number of amides is 1. The third kappa shape index (κ3) is 4.74. The molecule has 0 radical (unpaired) electrons. The molecule has 0 saturated heterocycles. The molecule has 1 aromatic rings. The number of methoxy groups -OCH3 is 1. The Balaban J connectivity index is 2.13. The maximum Gasteiger partial charge on any atom is 0.264 e. The van der Waals surface area contributed by atoms with E-state index in [0.29, 0.717) is 4.88 Å². The van der Waals surface area contributed by atoms with Gasteiger partial charge in [0.25, 0.3) is 12.3 Å². The van der Waals surface area contributed by atoms with Crippen LogP contribution < -0.4 is 0 Å². The van der Waals surface area contributed by atoms with E-state index in [2.05, 4.69) is 0 Å². The van der Waals surface area contributed by atoms with Crippen molar-refractivity contribution >= 4 is 17.2 Å². The topological polar surface area (TPSA) is 29.5 Å². The summed E-state index contributed by atoms with van der Waals surface area (Å²) < 4.78 is 30.3. The quantitative estimate of drug-likeness (QED) is 0.794. The van der Waals surface area contributed by atoms with Gasteiger partial charge in [-0.25, -0.2) is 8.78 Å². The van der Waals surface area contributed by atoms with Crippen LogP contribution in [0.5, 0.6) is 0 Å². The molecule has 1 aromatic heterocycles. The second-order valence-electron chi connectivity index (χ2n) is 5.61. The van der Waals surface area contributed by atoms with Gasteiger partial charge >= 0.3 is 0 Å². The van der Waals surface area contributed by atoms with E-state index in [-0.39, 0.29) is 19.1 Å². The molecule has 22 heavy (non-hydrogen) atoms. The van der Waals surface area contributed by atoms with Crippen LogP contribution in [0.2, 0.25) is 0 Å². The van der Waals surface area contributed by atoms with Gasteiger partial charge in [0.2, 0.25) is 0 Å². The van der Waals surface area contributed by atoms with Gasteiger partial charge in [-0.2, -0.15) is 0 Å². The first-order valence-corrected chi connectivity index (χ1v) is 8.61. The van der Waals surface area contributed by atoms with Crippen molar-refractivity contribution in [2.45, 2.75) is 45.0 Å². The molecule has 1 aliphatic carbocycles. The molecule has 0 saturated carbocycles. The second-order valence-corrected chi connectivity index (χ2v) is 6.75. The highest BCUT2D eigenvalue weighted by atomic mass is 32.1. The Morgan fingerprint density at radius 1 is 1.32 bits per heavy atom. The summed E-state index contributed by atoms with van der Waals surface area (Å²) in [5.74, 6) is -0.297. The zero-order valence-corrected chi connectivity index (χ0v) is 13.8. The largest absolute Gasteiger partial charge is 0.383 e. The monoisotopic (exact) mass is 331 g/mol. The number of thiophene rings is 1. The Labute approximate surface area is 134 Å². The molecule has 2 rings (SSSR count). The number of carbonyl (C=O) groups is 1. The number of nitrogens with zero attached hydrogens (tertiary/aromatic N) is 1. The average molecular weight is 331 g/mol. The van der Waals surface area contributed by atoms with Crippen LogP contribution in [-0.2, 0) is 17.6 Å². The van der Waals surface area contributed by atoms with Crippen molar-refractivity contribution in [1.82, 2.24) is 4.90 Å². The molecule has 0 unspecified atom stereocenters. The summed E-state index contributed by atoms with van der Waals surface area (Å²) in [5.41, 5.74) is 1.23. The first-order valence-electron chi connectivity index (χ1n) is 7.79. The molecule has 1 aliphatic rings. The van der Waals surface area contributed by atoms with Gasteiger partial charge < -0.3 is 9.64 Å². The molecular formula is C16H23F2NO2S. The van der Waals surface area contributed by atoms with Crippen LogP contribution >= 0.6 is 11.3 Å². The number of hydrogen-bond acceptors (Lipinski definition) is 3. The van der Waals surface area contributed by atoms with Crippen molar-refractivity contribution in [2.24, 2.45) is 0 Å². The van der Waals surface area contributed by atoms with Crippen LogP contribution in [-0.4, -0.2) is 44.0 Å². The van der Waals surface area contributed by atoms with Crippen molar-refractivity contribution < 1.29 is 18.3 Å². The van der Waals surface area contributed by atoms with Gasteiger partial charge in [0, 0.05) is 18.5 Å². The Morgan fingerprint density at radius 2 is 2.05 bits per heavy atom. The first kappa shape index (κ1) is 17.3. The standard InChI is InChI=1S/C16H23F2NO2S/c1-21-9-8-19(11-15(17)18)16(20)14-10-12-6-4-2-3-5-7-13(12)22-14/h10,15H,2-9,11H2,1H3. The van der Waals surface area contributed by atoms with Crippen LogP contribution in [0, 0.1) is 0 Å². The third-order valence-corrected chi connectivity index (χ3v) is 5.14.